The fraction of sp³-hybridized carbons (Fsp3) is 0.667. The van der Waals surface area contributed by atoms with E-state index in [-0.39, 0.29) is 29.5 Å². The van der Waals surface area contributed by atoms with Gasteiger partial charge in [-0.05, 0) is 64.4 Å². The molecule has 2 N–H and O–H groups in total. The van der Waals surface area contributed by atoms with Crippen LogP contribution in [0.2, 0.25) is 0 Å². The van der Waals surface area contributed by atoms with Crippen molar-refractivity contribution in [2.24, 2.45) is 4.99 Å². The first kappa shape index (κ1) is 25.0. The molecular formula is C21H37IN4O2. The second-order valence-electron chi connectivity index (χ2n) is 7.41. The van der Waals surface area contributed by atoms with Crippen molar-refractivity contribution in [3.05, 3.63) is 29.3 Å². The first-order valence-corrected chi connectivity index (χ1v) is 9.91. The van der Waals surface area contributed by atoms with Gasteiger partial charge in [-0.3, -0.25) is 4.99 Å². The van der Waals surface area contributed by atoms with Crippen molar-refractivity contribution in [3.63, 3.8) is 0 Å². The molecule has 0 saturated carbocycles. The van der Waals surface area contributed by atoms with Crippen LogP contribution < -0.4 is 15.4 Å². The summed E-state index contributed by atoms with van der Waals surface area (Å²) in [6, 6.07) is 6.39. The second kappa shape index (κ2) is 12.5. The molecule has 0 spiro atoms. The third kappa shape index (κ3) is 7.08. The van der Waals surface area contributed by atoms with E-state index in [1.54, 1.807) is 7.11 Å². The Morgan fingerprint density at radius 3 is 2.57 bits per heavy atom. The molecule has 1 fully saturated rings. The number of guanidine groups is 1. The Labute approximate surface area is 187 Å². The second-order valence-corrected chi connectivity index (χ2v) is 7.41. The quantitative estimate of drug-likeness (QED) is 0.324. The zero-order valence-electron chi connectivity index (χ0n) is 18.0. The number of likely N-dealkylation sites (N-methyl/N-ethyl adjacent to an activating group) is 1. The Kier molecular flexibility index (Phi) is 11.1. The largest absolute Gasteiger partial charge is 0.496 e. The summed E-state index contributed by atoms with van der Waals surface area (Å²) in [5, 5.41) is 6.83. The van der Waals surface area contributed by atoms with Crippen molar-refractivity contribution in [3.8, 4) is 5.75 Å². The number of nitrogens with zero attached hydrogens (tertiary/aromatic N) is 2. The number of hydrogen-bond donors (Lipinski definition) is 2. The van der Waals surface area contributed by atoms with Crippen molar-refractivity contribution >= 4 is 29.9 Å². The van der Waals surface area contributed by atoms with E-state index >= 15 is 0 Å². The molecule has 28 heavy (non-hydrogen) atoms. The third-order valence-corrected chi connectivity index (χ3v) is 5.43. The van der Waals surface area contributed by atoms with Crippen LogP contribution in [0, 0.1) is 6.92 Å². The van der Waals surface area contributed by atoms with Gasteiger partial charge in [0.15, 0.2) is 5.96 Å². The van der Waals surface area contributed by atoms with Crippen LogP contribution in [0.15, 0.2) is 23.2 Å². The normalized spacial score (nSPS) is 16.4. The number of rotatable bonds is 8. The van der Waals surface area contributed by atoms with Gasteiger partial charge in [0, 0.05) is 31.8 Å². The number of methoxy groups -OCH3 is 1. The molecule has 6 nitrogen and oxygen atoms in total. The number of halogens is 1. The van der Waals surface area contributed by atoms with E-state index in [9.17, 15) is 0 Å². The molecule has 1 saturated heterocycles. The van der Waals surface area contributed by atoms with Crippen LogP contribution in [-0.4, -0.2) is 70.5 Å². The van der Waals surface area contributed by atoms with Crippen LogP contribution in [0.4, 0.5) is 0 Å². The Hall–Kier alpha value is -1.06. The monoisotopic (exact) mass is 504 g/mol. The molecule has 1 aliphatic heterocycles. The first-order chi connectivity index (χ1) is 13.0. The summed E-state index contributed by atoms with van der Waals surface area (Å²) in [7, 11) is 6.01. The molecule has 0 bridgehead atoms. The highest BCUT2D eigenvalue weighted by Crippen LogP contribution is 2.26. The first-order valence-electron chi connectivity index (χ1n) is 9.91. The minimum atomic E-state index is 0. The van der Waals surface area contributed by atoms with Crippen molar-refractivity contribution in [1.82, 2.24) is 15.5 Å². The average Bonchev–Trinajstić information content (AvgIpc) is 2.68. The topological polar surface area (TPSA) is 58.1 Å². The van der Waals surface area contributed by atoms with Crippen molar-refractivity contribution in [2.75, 3.05) is 54.1 Å². The fourth-order valence-corrected chi connectivity index (χ4v) is 3.41. The Bertz CT molecular complexity index is 616. The zero-order valence-corrected chi connectivity index (χ0v) is 20.3. The number of hydrogen-bond acceptors (Lipinski definition) is 4. The van der Waals surface area contributed by atoms with Crippen LogP contribution in [0.1, 0.15) is 30.9 Å². The van der Waals surface area contributed by atoms with Gasteiger partial charge in [0.25, 0.3) is 0 Å². The Balaban J connectivity index is 0.00000392. The number of aryl methyl sites for hydroxylation is 1. The van der Waals surface area contributed by atoms with E-state index in [0.29, 0.717) is 0 Å². The standard InChI is InChI=1S/C21H36N4O2.HI/c1-6-22-20(24-16-21(25(3)4)10-13-27-14-11-21)23-12-9-18-8-7-17(2)19(15-18)26-5;/h7-8,15H,6,9-14,16H2,1-5H3,(H2,22,23,24);1H. The minimum absolute atomic E-state index is 0. The molecular weight excluding hydrogens is 467 g/mol. The van der Waals surface area contributed by atoms with Crippen LogP contribution in [0.25, 0.3) is 0 Å². The third-order valence-electron chi connectivity index (χ3n) is 5.43. The van der Waals surface area contributed by atoms with Gasteiger partial charge >= 0.3 is 0 Å². The van der Waals surface area contributed by atoms with Gasteiger partial charge in [0.05, 0.1) is 13.7 Å². The van der Waals surface area contributed by atoms with Crippen LogP contribution in [-0.2, 0) is 11.2 Å². The number of ether oxygens (including phenoxy) is 2. The number of aliphatic imine (C=N–C) groups is 1. The predicted octanol–water partition coefficient (Wildman–Crippen LogP) is 2.83. The maximum atomic E-state index is 5.55. The number of benzene rings is 1. The summed E-state index contributed by atoms with van der Waals surface area (Å²) in [5.41, 5.74) is 2.51. The van der Waals surface area contributed by atoms with E-state index in [4.69, 9.17) is 14.5 Å². The smallest absolute Gasteiger partial charge is 0.191 e. The maximum absolute atomic E-state index is 5.55. The van der Waals surface area contributed by atoms with E-state index < -0.39 is 0 Å². The minimum Gasteiger partial charge on any atom is -0.496 e. The predicted molar refractivity (Wildman–Crippen MR) is 127 cm³/mol. The Morgan fingerprint density at radius 2 is 1.96 bits per heavy atom. The van der Waals surface area contributed by atoms with Gasteiger partial charge < -0.3 is 25.0 Å². The molecule has 0 radical (unpaired) electrons. The van der Waals surface area contributed by atoms with Crippen LogP contribution in [0.5, 0.6) is 5.75 Å². The van der Waals surface area contributed by atoms with Crippen LogP contribution >= 0.6 is 24.0 Å². The molecule has 2 rings (SSSR count). The van der Waals surface area contributed by atoms with Crippen molar-refractivity contribution in [2.45, 2.75) is 38.6 Å². The zero-order chi connectivity index (χ0) is 19.7. The van der Waals surface area contributed by atoms with Crippen molar-refractivity contribution < 1.29 is 9.47 Å². The molecule has 7 heteroatoms. The Morgan fingerprint density at radius 1 is 1.25 bits per heavy atom. The molecule has 160 valence electrons. The molecule has 1 aromatic rings. The molecule has 1 aromatic carbocycles. The van der Waals surface area contributed by atoms with Gasteiger partial charge in [0.2, 0.25) is 0 Å². The molecule has 1 aliphatic rings. The highest BCUT2D eigenvalue weighted by atomic mass is 127. The van der Waals surface area contributed by atoms with E-state index in [2.05, 4.69) is 61.7 Å². The van der Waals surface area contributed by atoms with Gasteiger partial charge in [-0.15, -0.1) is 24.0 Å². The fourth-order valence-electron chi connectivity index (χ4n) is 3.41. The SMILES string of the molecule is CCNC(=NCC1(N(C)C)CCOCC1)NCCc1ccc(C)c(OC)c1.I. The number of nitrogens with one attached hydrogen (secondary N) is 2. The summed E-state index contributed by atoms with van der Waals surface area (Å²) in [6.45, 7) is 8.24. The highest BCUT2D eigenvalue weighted by molar-refractivity contribution is 14.0. The summed E-state index contributed by atoms with van der Waals surface area (Å²) in [5.74, 6) is 1.82. The van der Waals surface area contributed by atoms with E-state index in [1.165, 1.54) is 5.56 Å². The summed E-state index contributed by atoms with van der Waals surface area (Å²) < 4.78 is 11.0. The highest BCUT2D eigenvalue weighted by Gasteiger charge is 2.34. The average molecular weight is 504 g/mol. The lowest BCUT2D eigenvalue weighted by Crippen LogP contribution is -2.51. The van der Waals surface area contributed by atoms with Crippen molar-refractivity contribution in [1.29, 1.82) is 0 Å². The summed E-state index contributed by atoms with van der Waals surface area (Å²) >= 11 is 0. The summed E-state index contributed by atoms with van der Waals surface area (Å²) in [6.07, 6.45) is 2.96. The van der Waals surface area contributed by atoms with Gasteiger partial charge in [-0.25, -0.2) is 0 Å². The molecule has 0 aliphatic carbocycles. The molecule has 0 amide bonds. The van der Waals surface area contributed by atoms with Gasteiger partial charge in [-0.1, -0.05) is 12.1 Å². The molecule has 0 unspecified atom stereocenters. The van der Waals surface area contributed by atoms with E-state index in [0.717, 1.165) is 69.4 Å². The molecule has 1 heterocycles. The lowest BCUT2D eigenvalue weighted by atomic mass is 9.89. The van der Waals surface area contributed by atoms with E-state index in [1.807, 2.05) is 0 Å². The van der Waals surface area contributed by atoms with Gasteiger partial charge in [-0.2, -0.15) is 0 Å². The lowest BCUT2D eigenvalue weighted by Gasteiger charge is -2.41. The lowest BCUT2D eigenvalue weighted by molar-refractivity contribution is -0.00254. The molecule has 0 aromatic heterocycles. The van der Waals surface area contributed by atoms with Crippen LogP contribution in [0.3, 0.4) is 0 Å². The van der Waals surface area contributed by atoms with Gasteiger partial charge in [0.1, 0.15) is 5.75 Å². The summed E-state index contributed by atoms with van der Waals surface area (Å²) in [4.78, 5) is 7.19. The molecule has 0 atom stereocenters. The maximum Gasteiger partial charge on any atom is 0.191 e.